The van der Waals surface area contributed by atoms with Crippen molar-refractivity contribution in [1.82, 2.24) is 16.0 Å². The van der Waals surface area contributed by atoms with Crippen LogP contribution in [0.1, 0.15) is 17.3 Å². The fourth-order valence-electron chi connectivity index (χ4n) is 2.18. The van der Waals surface area contributed by atoms with Crippen molar-refractivity contribution in [2.75, 3.05) is 25.0 Å². The number of nitrogens with zero attached hydrogens (tertiary/aromatic N) is 1. The van der Waals surface area contributed by atoms with Gasteiger partial charge in [0.25, 0.3) is 5.91 Å². The Kier molecular flexibility index (Phi) is 6.55. The second kappa shape index (κ2) is 8.85. The smallest absolute Gasteiger partial charge is 0.325 e. The van der Waals surface area contributed by atoms with Crippen LogP contribution in [0.25, 0.3) is 0 Å². The Morgan fingerprint density at radius 1 is 1.33 bits per heavy atom. The van der Waals surface area contributed by atoms with E-state index in [1.165, 1.54) is 25.1 Å². The number of phenolic OH excluding ortho intramolecular Hbond substituents is 1. The molecular weight excluding hydrogens is 358 g/mol. The van der Waals surface area contributed by atoms with Crippen molar-refractivity contribution in [1.29, 1.82) is 0 Å². The third kappa shape index (κ3) is 6.15. The highest BCUT2D eigenvalue weighted by molar-refractivity contribution is 6.00. The molecule has 7 N–H and O–H groups in total. The number of phenols is 1. The number of aliphatic carboxylic acids is 1. The molecule has 0 radical (unpaired) electrons. The predicted molar refractivity (Wildman–Crippen MR) is 95.6 cm³/mol. The fraction of sp³-hybridized carbons (Fsp3) is 0.375. The van der Waals surface area contributed by atoms with Crippen LogP contribution in [0.15, 0.2) is 23.2 Å². The number of carbonyl (C=O) groups excluding carboxylic acids is 2. The van der Waals surface area contributed by atoms with E-state index in [9.17, 15) is 24.6 Å². The van der Waals surface area contributed by atoms with Crippen LogP contribution in [0.4, 0.5) is 5.69 Å². The Labute approximate surface area is 154 Å². The number of aliphatic hydroxyl groups excluding tert-OH is 1. The molecule has 1 heterocycles. The Bertz CT molecular complexity index is 766. The number of aliphatic imine (C=N–C) groups is 1. The van der Waals surface area contributed by atoms with Crippen LogP contribution in [-0.4, -0.2) is 70.8 Å². The van der Waals surface area contributed by atoms with Crippen LogP contribution in [0.5, 0.6) is 5.75 Å². The van der Waals surface area contributed by atoms with Gasteiger partial charge in [-0.3, -0.25) is 19.4 Å². The summed E-state index contributed by atoms with van der Waals surface area (Å²) in [5, 5.41) is 38.2. The highest BCUT2D eigenvalue weighted by Gasteiger charge is 2.16. The molecule has 0 spiro atoms. The minimum absolute atomic E-state index is 0.0908. The predicted octanol–water partition coefficient (Wildman–Crippen LogP) is -1.56. The lowest BCUT2D eigenvalue weighted by atomic mass is 10.1. The van der Waals surface area contributed by atoms with Crippen LogP contribution >= 0.6 is 0 Å². The number of amides is 2. The van der Waals surface area contributed by atoms with Crippen LogP contribution in [0.3, 0.4) is 0 Å². The summed E-state index contributed by atoms with van der Waals surface area (Å²) in [5.41, 5.74) is 0.472. The highest BCUT2D eigenvalue weighted by Crippen LogP contribution is 2.20. The SMILES string of the molecule is CC(NC(=O)CNC(=O)c1cc(O)cc(NC2=NCC(O)CN2)c1)C(=O)O. The topological polar surface area (TPSA) is 172 Å². The molecule has 0 fully saturated rings. The summed E-state index contributed by atoms with van der Waals surface area (Å²) in [6, 6.07) is 2.97. The molecule has 1 aliphatic rings. The van der Waals surface area contributed by atoms with E-state index >= 15 is 0 Å². The molecule has 0 aliphatic carbocycles. The van der Waals surface area contributed by atoms with Gasteiger partial charge in [0.15, 0.2) is 5.96 Å². The molecule has 0 bridgehead atoms. The Balaban J connectivity index is 1.97. The van der Waals surface area contributed by atoms with Gasteiger partial charge in [0.2, 0.25) is 5.91 Å². The van der Waals surface area contributed by atoms with E-state index in [2.05, 4.69) is 26.3 Å². The molecule has 27 heavy (non-hydrogen) atoms. The minimum Gasteiger partial charge on any atom is -0.508 e. The first-order valence-corrected chi connectivity index (χ1v) is 8.12. The first kappa shape index (κ1) is 20.0. The molecule has 0 saturated heterocycles. The fourth-order valence-corrected chi connectivity index (χ4v) is 2.18. The number of nitrogens with one attached hydrogen (secondary N) is 4. The summed E-state index contributed by atoms with van der Waals surface area (Å²) < 4.78 is 0. The average molecular weight is 379 g/mol. The number of benzene rings is 1. The number of hydrogen-bond acceptors (Lipinski definition) is 8. The molecule has 1 aromatic rings. The molecule has 2 rings (SSSR count). The van der Waals surface area contributed by atoms with Gasteiger partial charge in [-0.25, -0.2) is 0 Å². The zero-order valence-corrected chi connectivity index (χ0v) is 14.5. The number of hydrogen-bond donors (Lipinski definition) is 7. The maximum Gasteiger partial charge on any atom is 0.325 e. The maximum atomic E-state index is 12.2. The van der Waals surface area contributed by atoms with Crippen molar-refractivity contribution < 1.29 is 29.7 Å². The van der Waals surface area contributed by atoms with E-state index < -0.39 is 36.5 Å². The van der Waals surface area contributed by atoms with Crippen molar-refractivity contribution in [2.24, 2.45) is 4.99 Å². The number of guanidine groups is 1. The zero-order chi connectivity index (χ0) is 20.0. The van der Waals surface area contributed by atoms with Crippen LogP contribution in [-0.2, 0) is 9.59 Å². The first-order valence-electron chi connectivity index (χ1n) is 8.12. The van der Waals surface area contributed by atoms with Gasteiger partial charge >= 0.3 is 5.97 Å². The summed E-state index contributed by atoms with van der Waals surface area (Å²) in [5.74, 6) is -2.26. The quantitative estimate of drug-likeness (QED) is 0.311. The maximum absolute atomic E-state index is 12.2. The number of aliphatic hydroxyl groups is 1. The van der Waals surface area contributed by atoms with Gasteiger partial charge in [-0.1, -0.05) is 0 Å². The van der Waals surface area contributed by atoms with E-state index in [0.29, 0.717) is 18.2 Å². The second-order valence-electron chi connectivity index (χ2n) is 5.93. The van der Waals surface area contributed by atoms with Crippen molar-refractivity contribution in [2.45, 2.75) is 19.1 Å². The van der Waals surface area contributed by atoms with Crippen LogP contribution in [0.2, 0.25) is 0 Å². The van der Waals surface area contributed by atoms with Gasteiger partial charge in [-0.2, -0.15) is 0 Å². The summed E-state index contributed by atoms with van der Waals surface area (Å²) >= 11 is 0. The van der Waals surface area contributed by atoms with Gasteiger partial charge < -0.3 is 36.6 Å². The van der Waals surface area contributed by atoms with Gasteiger partial charge in [0.05, 0.1) is 19.2 Å². The lowest BCUT2D eigenvalue weighted by molar-refractivity contribution is -0.141. The first-order chi connectivity index (χ1) is 12.7. The minimum atomic E-state index is -1.19. The Hall–Kier alpha value is -3.34. The van der Waals surface area contributed by atoms with Crippen LogP contribution < -0.4 is 21.3 Å². The molecule has 11 heteroatoms. The summed E-state index contributed by atoms with van der Waals surface area (Å²) in [6.45, 7) is 1.44. The van der Waals surface area contributed by atoms with Gasteiger partial charge in [-0.05, 0) is 19.1 Å². The molecule has 0 aromatic heterocycles. The molecule has 146 valence electrons. The van der Waals surface area contributed by atoms with Crippen molar-refractivity contribution in [3.05, 3.63) is 23.8 Å². The summed E-state index contributed by atoms with van der Waals surface area (Å²) in [6.07, 6.45) is -0.573. The van der Waals surface area contributed by atoms with E-state index in [-0.39, 0.29) is 17.9 Å². The lowest BCUT2D eigenvalue weighted by Crippen LogP contribution is -2.44. The lowest BCUT2D eigenvalue weighted by Gasteiger charge is -2.20. The standard InChI is InChI=1S/C16H21N5O6/c1-8(15(26)27)20-13(24)7-17-14(25)9-2-10(4-11(22)3-9)21-16-18-5-12(23)6-19-16/h2-4,8,12,22-23H,5-7H2,1H3,(H,17,25)(H,20,24)(H,26,27)(H2,18,19,21). The van der Waals surface area contributed by atoms with Crippen molar-refractivity contribution >= 4 is 29.4 Å². The molecule has 1 aliphatic heterocycles. The number of β-amino-alcohol motifs (C(OH)–C–C–N with tert-alkyl or cyclic N) is 1. The zero-order valence-electron chi connectivity index (χ0n) is 14.5. The summed E-state index contributed by atoms with van der Waals surface area (Å²) in [4.78, 5) is 38.6. The normalized spacial score (nSPS) is 17.1. The van der Waals surface area contributed by atoms with Crippen LogP contribution in [0, 0.1) is 0 Å². The van der Waals surface area contributed by atoms with Crippen molar-refractivity contribution in [3.8, 4) is 5.75 Å². The third-order valence-corrected chi connectivity index (χ3v) is 3.57. The van der Waals surface area contributed by atoms with E-state index in [4.69, 9.17) is 5.11 Å². The molecule has 2 unspecified atom stereocenters. The highest BCUT2D eigenvalue weighted by atomic mass is 16.4. The van der Waals surface area contributed by atoms with Crippen molar-refractivity contribution in [3.63, 3.8) is 0 Å². The second-order valence-corrected chi connectivity index (χ2v) is 5.93. The van der Waals surface area contributed by atoms with E-state index in [0.717, 1.165) is 0 Å². The Morgan fingerprint density at radius 2 is 2.07 bits per heavy atom. The molecule has 1 aromatic carbocycles. The molecule has 2 atom stereocenters. The third-order valence-electron chi connectivity index (χ3n) is 3.57. The molecule has 2 amide bonds. The van der Waals surface area contributed by atoms with Gasteiger partial charge in [0.1, 0.15) is 11.8 Å². The number of rotatable bonds is 6. The number of carbonyl (C=O) groups is 3. The average Bonchev–Trinajstić information content (AvgIpc) is 2.61. The number of carboxylic acid groups (broad SMARTS) is 1. The van der Waals surface area contributed by atoms with E-state index in [1.807, 2.05) is 0 Å². The van der Waals surface area contributed by atoms with Gasteiger partial charge in [0, 0.05) is 23.9 Å². The Morgan fingerprint density at radius 3 is 2.70 bits per heavy atom. The largest absolute Gasteiger partial charge is 0.508 e. The monoisotopic (exact) mass is 379 g/mol. The molecular formula is C16H21N5O6. The van der Waals surface area contributed by atoms with E-state index in [1.54, 1.807) is 0 Å². The summed E-state index contributed by atoms with van der Waals surface area (Å²) in [7, 11) is 0. The number of carboxylic acids is 1. The molecule has 0 saturated carbocycles. The van der Waals surface area contributed by atoms with Gasteiger partial charge in [-0.15, -0.1) is 0 Å². The number of aromatic hydroxyl groups is 1. The number of anilines is 1. The molecule has 11 nitrogen and oxygen atoms in total.